The fourth-order valence-electron chi connectivity index (χ4n) is 2.19. The van der Waals surface area contributed by atoms with E-state index < -0.39 is 10.0 Å². The van der Waals surface area contributed by atoms with Crippen LogP contribution in [0.4, 0.5) is 5.69 Å². The molecule has 0 spiro atoms. The molecule has 0 unspecified atom stereocenters. The number of anilines is 1. The fourth-order valence-corrected chi connectivity index (χ4v) is 4.25. The zero-order chi connectivity index (χ0) is 19.7. The number of sulfonamides is 1. The van der Waals surface area contributed by atoms with E-state index >= 15 is 0 Å². The molecule has 0 aliphatic carbocycles. The molecule has 0 saturated carbocycles. The molecule has 0 aliphatic rings. The van der Waals surface area contributed by atoms with E-state index in [2.05, 4.69) is 20.3 Å². The van der Waals surface area contributed by atoms with Crippen molar-refractivity contribution in [2.45, 2.75) is 11.1 Å². The van der Waals surface area contributed by atoms with E-state index in [0.717, 1.165) is 5.69 Å². The lowest BCUT2D eigenvalue weighted by atomic mass is 10.3. The second-order valence-corrected chi connectivity index (χ2v) is 8.23. The van der Waals surface area contributed by atoms with Crippen molar-refractivity contribution in [3.63, 3.8) is 0 Å². The van der Waals surface area contributed by atoms with Gasteiger partial charge in [-0.15, -0.1) is 35.3 Å². The zero-order valence-corrected chi connectivity index (χ0v) is 19.9. The molecule has 156 valence electrons. The molecular weight excluding hydrogens is 515 g/mol. The Bertz CT molecular complexity index is 858. The summed E-state index contributed by atoms with van der Waals surface area (Å²) < 4.78 is 37.5. The molecule has 3 N–H and O–H groups in total. The fraction of sp³-hybridized carbons (Fsp3) is 0.353. The van der Waals surface area contributed by atoms with Gasteiger partial charge in [0.05, 0.1) is 20.8 Å². The van der Waals surface area contributed by atoms with Gasteiger partial charge >= 0.3 is 0 Å². The van der Waals surface area contributed by atoms with Gasteiger partial charge in [-0.3, -0.25) is 4.99 Å². The summed E-state index contributed by atoms with van der Waals surface area (Å²) in [6, 6.07) is 8.70. The van der Waals surface area contributed by atoms with Crippen LogP contribution in [-0.2, 0) is 10.0 Å². The number of hydrogen-bond donors (Lipinski definition) is 3. The lowest BCUT2D eigenvalue weighted by Gasteiger charge is -2.14. The number of aliphatic imine (C=N–C) groups is 1. The maximum absolute atomic E-state index is 12.1. The molecule has 1 aromatic carbocycles. The number of thiophene rings is 1. The summed E-state index contributed by atoms with van der Waals surface area (Å²) in [5.74, 6) is 1.77. The summed E-state index contributed by atoms with van der Waals surface area (Å²) in [5.41, 5.74) is 0.770. The minimum atomic E-state index is -3.47. The van der Waals surface area contributed by atoms with Gasteiger partial charge < -0.3 is 20.1 Å². The van der Waals surface area contributed by atoms with Crippen LogP contribution in [0.1, 0.15) is 6.92 Å². The number of rotatable bonds is 9. The molecule has 2 aromatic rings. The van der Waals surface area contributed by atoms with Gasteiger partial charge in [0.2, 0.25) is 10.0 Å². The summed E-state index contributed by atoms with van der Waals surface area (Å²) >= 11 is 1.18. The van der Waals surface area contributed by atoms with Gasteiger partial charge in [0, 0.05) is 24.8 Å². The van der Waals surface area contributed by atoms with Crippen LogP contribution < -0.4 is 24.8 Å². The van der Waals surface area contributed by atoms with Crippen molar-refractivity contribution in [1.29, 1.82) is 0 Å². The van der Waals surface area contributed by atoms with Gasteiger partial charge in [-0.2, -0.15) is 0 Å². The first-order valence-corrected chi connectivity index (χ1v) is 10.7. The van der Waals surface area contributed by atoms with Crippen molar-refractivity contribution in [2.24, 2.45) is 4.99 Å². The Morgan fingerprint density at radius 1 is 1.18 bits per heavy atom. The van der Waals surface area contributed by atoms with Crippen molar-refractivity contribution < 1.29 is 17.9 Å². The van der Waals surface area contributed by atoms with Crippen LogP contribution in [0.25, 0.3) is 0 Å². The predicted octanol–water partition coefficient (Wildman–Crippen LogP) is 2.74. The van der Waals surface area contributed by atoms with E-state index in [4.69, 9.17) is 9.47 Å². The van der Waals surface area contributed by atoms with Gasteiger partial charge in [0.1, 0.15) is 4.21 Å². The summed E-state index contributed by atoms with van der Waals surface area (Å²) in [6.07, 6.45) is 0. The predicted molar refractivity (Wildman–Crippen MR) is 124 cm³/mol. The Morgan fingerprint density at radius 2 is 1.93 bits per heavy atom. The first-order valence-electron chi connectivity index (χ1n) is 8.30. The SMILES string of the molecule is CCNC(=NCCNS(=O)(=O)c1cccs1)Nc1ccc(OC)c(OC)c1.I. The number of ether oxygens (including phenoxy) is 2. The quantitative estimate of drug-likeness (QED) is 0.196. The van der Waals surface area contributed by atoms with Crippen molar-refractivity contribution in [2.75, 3.05) is 39.2 Å². The molecule has 8 nitrogen and oxygen atoms in total. The summed E-state index contributed by atoms with van der Waals surface area (Å²) in [5, 5.41) is 8.00. The molecule has 0 saturated heterocycles. The largest absolute Gasteiger partial charge is 0.493 e. The van der Waals surface area contributed by atoms with Crippen LogP contribution in [0.3, 0.4) is 0 Å². The monoisotopic (exact) mass is 540 g/mol. The number of halogens is 1. The van der Waals surface area contributed by atoms with Crippen molar-refractivity contribution in [3.8, 4) is 11.5 Å². The van der Waals surface area contributed by atoms with Gasteiger partial charge in [0.15, 0.2) is 17.5 Å². The van der Waals surface area contributed by atoms with Crippen LogP contribution in [0, 0.1) is 0 Å². The highest BCUT2D eigenvalue weighted by Gasteiger charge is 2.13. The highest BCUT2D eigenvalue weighted by molar-refractivity contribution is 14.0. The number of methoxy groups -OCH3 is 2. The summed E-state index contributed by atoms with van der Waals surface area (Å²) in [4.78, 5) is 4.39. The lowest BCUT2D eigenvalue weighted by molar-refractivity contribution is 0.355. The minimum Gasteiger partial charge on any atom is -0.493 e. The topological polar surface area (TPSA) is 101 Å². The molecular formula is C17H25IN4O4S2. The molecule has 2 rings (SSSR count). The second-order valence-electron chi connectivity index (χ2n) is 5.29. The third-order valence-corrected chi connectivity index (χ3v) is 6.28. The van der Waals surface area contributed by atoms with E-state index in [1.165, 1.54) is 11.3 Å². The van der Waals surface area contributed by atoms with E-state index in [1.807, 2.05) is 13.0 Å². The van der Waals surface area contributed by atoms with E-state index in [9.17, 15) is 8.42 Å². The van der Waals surface area contributed by atoms with Crippen molar-refractivity contribution in [3.05, 3.63) is 35.7 Å². The van der Waals surface area contributed by atoms with Gasteiger partial charge in [-0.05, 0) is 30.5 Å². The molecule has 0 radical (unpaired) electrons. The summed E-state index contributed by atoms with van der Waals surface area (Å²) in [7, 11) is -0.328. The maximum atomic E-state index is 12.1. The molecule has 28 heavy (non-hydrogen) atoms. The molecule has 11 heteroatoms. The molecule has 1 heterocycles. The number of nitrogens with zero attached hydrogens (tertiary/aromatic N) is 1. The van der Waals surface area contributed by atoms with Gasteiger partial charge in [0.25, 0.3) is 0 Å². The minimum absolute atomic E-state index is 0. The van der Waals surface area contributed by atoms with E-state index in [0.29, 0.717) is 28.2 Å². The van der Waals surface area contributed by atoms with Crippen LogP contribution in [0.5, 0.6) is 11.5 Å². The Kier molecular flexibility index (Phi) is 10.6. The number of nitrogens with one attached hydrogen (secondary N) is 3. The smallest absolute Gasteiger partial charge is 0.250 e. The Hall–Kier alpha value is -1.57. The lowest BCUT2D eigenvalue weighted by Crippen LogP contribution is -2.32. The first kappa shape index (κ1) is 24.5. The maximum Gasteiger partial charge on any atom is 0.250 e. The molecule has 0 aliphatic heterocycles. The number of guanidine groups is 1. The van der Waals surface area contributed by atoms with E-state index in [1.54, 1.807) is 43.9 Å². The summed E-state index contributed by atoms with van der Waals surface area (Å²) in [6.45, 7) is 3.10. The van der Waals surface area contributed by atoms with Crippen molar-refractivity contribution in [1.82, 2.24) is 10.0 Å². The van der Waals surface area contributed by atoms with Gasteiger partial charge in [-0.25, -0.2) is 13.1 Å². The molecule has 0 atom stereocenters. The van der Waals surface area contributed by atoms with Crippen LogP contribution in [0.2, 0.25) is 0 Å². The van der Waals surface area contributed by atoms with Gasteiger partial charge in [-0.1, -0.05) is 6.07 Å². The standard InChI is InChI=1S/C17H24N4O4S2.HI/c1-4-18-17(21-13-7-8-14(24-2)15(12-13)25-3)19-9-10-20-27(22,23)16-6-5-11-26-16;/h5-8,11-12,20H,4,9-10H2,1-3H3,(H2,18,19,21);1H. The highest BCUT2D eigenvalue weighted by Crippen LogP contribution is 2.29. The second kappa shape index (κ2) is 12.1. The molecule has 1 aromatic heterocycles. The Labute approximate surface area is 186 Å². The third-order valence-electron chi connectivity index (χ3n) is 3.42. The average Bonchev–Trinajstić information content (AvgIpc) is 3.21. The molecule has 0 fully saturated rings. The number of benzene rings is 1. The number of hydrogen-bond acceptors (Lipinski definition) is 6. The van der Waals surface area contributed by atoms with Crippen LogP contribution >= 0.6 is 35.3 Å². The van der Waals surface area contributed by atoms with Crippen molar-refractivity contribution >= 4 is 57.0 Å². The normalized spacial score (nSPS) is 11.5. The average molecular weight is 540 g/mol. The highest BCUT2D eigenvalue weighted by atomic mass is 127. The third kappa shape index (κ3) is 7.11. The first-order chi connectivity index (χ1) is 13.0. The molecule has 0 amide bonds. The zero-order valence-electron chi connectivity index (χ0n) is 15.9. The Balaban J connectivity index is 0.00000392. The Morgan fingerprint density at radius 3 is 2.54 bits per heavy atom. The van der Waals surface area contributed by atoms with Crippen LogP contribution in [-0.4, -0.2) is 48.2 Å². The molecule has 0 bridgehead atoms. The van der Waals surface area contributed by atoms with E-state index in [-0.39, 0.29) is 37.1 Å². The van der Waals surface area contributed by atoms with Crippen LogP contribution in [0.15, 0.2) is 44.9 Å².